The van der Waals surface area contributed by atoms with Crippen molar-refractivity contribution in [3.63, 3.8) is 0 Å². The molecule has 8 nitrogen and oxygen atoms in total. The fourth-order valence-electron chi connectivity index (χ4n) is 2.29. The van der Waals surface area contributed by atoms with E-state index in [0.29, 0.717) is 12.2 Å². The molecule has 0 spiro atoms. The minimum atomic E-state index is -1.40. The zero-order valence-electron chi connectivity index (χ0n) is 18.8. The molecule has 0 heterocycles. The van der Waals surface area contributed by atoms with Gasteiger partial charge in [-0.2, -0.15) is 0 Å². The molecular weight excluding hydrogens is 441 g/mol. The second-order valence-electron chi connectivity index (χ2n) is 6.61. The summed E-state index contributed by atoms with van der Waals surface area (Å²) in [5.74, 6) is -4.64. The lowest BCUT2D eigenvalue weighted by Crippen LogP contribution is -2.22. The quantitative estimate of drug-likeness (QED) is 0.352. The Morgan fingerprint density at radius 3 is 2.33 bits per heavy atom. The normalized spacial score (nSPS) is 10.3. The molecule has 0 unspecified atom stereocenters. The number of benzene rings is 2. The van der Waals surface area contributed by atoms with E-state index in [1.54, 1.807) is 13.0 Å². The number of nitrogens with zero attached hydrogens (tertiary/aromatic N) is 1. The van der Waals surface area contributed by atoms with E-state index in [9.17, 15) is 22.8 Å². The van der Waals surface area contributed by atoms with Gasteiger partial charge in [0.25, 0.3) is 11.8 Å². The number of rotatable bonds is 8. The largest absolute Gasteiger partial charge is 0.396 e. The molecule has 0 bridgehead atoms. The maximum absolute atomic E-state index is 14.7. The summed E-state index contributed by atoms with van der Waals surface area (Å²) in [7, 11) is 2.70. The summed E-state index contributed by atoms with van der Waals surface area (Å²) in [4.78, 5) is 27.9. The number of nitrogens with one attached hydrogen (secondary N) is 3. The third kappa shape index (κ3) is 8.11. The van der Waals surface area contributed by atoms with Gasteiger partial charge in [0.15, 0.2) is 18.2 Å². The van der Waals surface area contributed by atoms with Gasteiger partial charge in [0.05, 0.1) is 23.2 Å². The SMILES string of the molecule is CCCO.CNC(=O)CO/N=C/c1cc(C(=O)NC)c(Nc2ccc(C)cc2F)c(F)c1F. The third-order valence-electron chi connectivity index (χ3n) is 4.06. The number of halogens is 3. The van der Waals surface area contributed by atoms with Crippen LogP contribution < -0.4 is 16.0 Å². The van der Waals surface area contributed by atoms with Gasteiger partial charge in [0, 0.05) is 26.3 Å². The van der Waals surface area contributed by atoms with Gasteiger partial charge in [-0.3, -0.25) is 9.59 Å². The molecular formula is C22H27F3N4O4. The Morgan fingerprint density at radius 1 is 1.12 bits per heavy atom. The molecule has 2 aromatic rings. The van der Waals surface area contributed by atoms with E-state index in [2.05, 4.69) is 25.9 Å². The van der Waals surface area contributed by atoms with Crippen LogP contribution >= 0.6 is 0 Å². The summed E-state index contributed by atoms with van der Waals surface area (Å²) in [6.45, 7) is 3.50. The van der Waals surface area contributed by atoms with E-state index in [1.165, 1.54) is 26.2 Å². The van der Waals surface area contributed by atoms with E-state index >= 15 is 0 Å². The van der Waals surface area contributed by atoms with Crippen LogP contribution in [-0.2, 0) is 9.63 Å². The van der Waals surface area contributed by atoms with Gasteiger partial charge in [-0.05, 0) is 37.1 Å². The molecule has 0 aliphatic rings. The number of anilines is 2. The Bertz CT molecular complexity index is 998. The van der Waals surface area contributed by atoms with Crippen molar-refractivity contribution in [1.29, 1.82) is 0 Å². The lowest BCUT2D eigenvalue weighted by atomic mass is 10.1. The van der Waals surface area contributed by atoms with Crippen molar-refractivity contribution in [3.8, 4) is 0 Å². The molecule has 0 aromatic heterocycles. The summed E-state index contributed by atoms with van der Waals surface area (Å²) in [6.07, 6.45) is 1.70. The van der Waals surface area contributed by atoms with Gasteiger partial charge in [-0.1, -0.05) is 18.1 Å². The van der Waals surface area contributed by atoms with E-state index < -0.39 is 47.1 Å². The smallest absolute Gasteiger partial charge is 0.260 e. The second kappa shape index (κ2) is 13.7. The standard InChI is InChI=1S/C19H19F3N4O3.C3H8O/c1-10-4-5-14(13(20)6-10)26-18-12(19(28)24-3)7-11(16(21)17(18)22)8-25-29-9-15(27)23-2;1-2-3-4/h4-8,26H,9H2,1-3H3,(H,23,27)(H,24,28);4H,2-3H2,1H3/b25-8+;. The van der Waals surface area contributed by atoms with Crippen LogP contribution in [0.4, 0.5) is 24.5 Å². The van der Waals surface area contributed by atoms with Gasteiger partial charge >= 0.3 is 0 Å². The second-order valence-corrected chi connectivity index (χ2v) is 6.61. The first kappa shape index (κ1) is 27.4. The Labute approximate surface area is 189 Å². The molecule has 2 aromatic carbocycles. The highest BCUT2D eigenvalue weighted by Gasteiger charge is 2.22. The summed E-state index contributed by atoms with van der Waals surface area (Å²) in [6, 6.07) is 5.15. The molecule has 0 saturated carbocycles. The third-order valence-corrected chi connectivity index (χ3v) is 4.06. The van der Waals surface area contributed by atoms with Gasteiger partial charge in [-0.25, -0.2) is 13.2 Å². The van der Waals surface area contributed by atoms with Crippen LogP contribution in [0.5, 0.6) is 0 Å². The monoisotopic (exact) mass is 468 g/mol. The van der Waals surface area contributed by atoms with E-state index in [-0.39, 0.29) is 11.3 Å². The molecule has 0 aliphatic carbocycles. The number of carbonyl (C=O) groups excluding carboxylic acids is 2. The van der Waals surface area contributed by atoms with Gasteiger partial charge in [-0.15, -0.1) is 0 Å². The summed E-state index contributed by atoms with van der Waals surface area (Å²) in [5, 5.41) is 18.3. The van der Waals surface area contributed by atoms with Gasteiger partial charge in [0.1, 0.15) is 5.82 Å². The van der Waals surface area contributed by atoms with Crippen molar-refractivity contribution in [2.45, 2.75) is 20.3 Å². The molecule has 11 heteroatoms. The summed E-state index contributed by atoms with van der Waals surface area (Å²) in [5.41, 5.74) is -0.705. The number of carbonyl (C=O) groups is 2. The molecule has 2 rings (SSSR count). The number of aliphatic hydroxyl groups is 1. The molecule has 0 saturated heterocycles. The average molecular weight is 468 g/mol. The lowest BCUT2D eigenvalue weighted by molar-refractivity contribution is -0.125. The number of hydrogen-bond donors (Lipinski definition) is 4. The predicted molar refractivity (Wildman–Crippen MR) is 119 cm³/mol. The van der Waals surface area contributed by atoms with Crippen molar-refractivity contribution in [2.75, 3.05) is 32.6 Å². The fourth-order valence-corrected chi connectivity index (χ4v) is 2.29. The zero-order chi connectivity index (χ0) is 25.0. The number of aliphatic hydroxyl groups excluding tert-OH is 1. The number of likely N-dealkylation sites (N-methyl/N-ethyl adjacent to an activating group) is 1. The maximum atomic E-state index is 14.7. The molecule has 180 valence electrons. The summed E-state index contributed by atoms with van der Waals surface area (Å²) >= 11 is 0. The molecule has 0 fully saturated rings. The minimum Gasteiger partial charge on any atom is -0.396 e. The molecule has 2 amide bonds. The highest BCUT2D eigenvalue weighted by Crippen LogP contribution is 2.30. The molecule has 0 aliphatic heterocycles. The Morgan fingerprint density at radius 2 is 1.79 bits per heavy atom. The van der Waals surface area contributed by atoms with Crippen LogP contribution in [0, 0.1) is 24.4 Å². The number of aryl methyl sites for hydroxylation is 1. The number of amides is 2. The Kier molecular flexibility index (Phi) is 11.4. The highest BCUT2D eigenvalue weighted by molar-refractivity contribution is 6.02. The molecule has 4 N–H and O–H groups in total. The van der Waals surface area contributed by atoms with E-state index in [0.717, 1.165) is 18.7 Å². The first-order chi connectivity index (χ1) is 15.7. The van der Waals surface area contributed by atoms with E-state index in [4.69, 9.17) is 5.11 Å². The van der Waals surface area contributed by atoms with Crippen molar-refractivity contribution in [2.24, 2.45) is 5.16 Å². The first-order valence-electron chi connectivity index (χ1n) is 9.94. The van der Waals surface area contributed by atoms with Crippen molar-refractivity contribution < 1.29 is 32.7 Å². The first-order valence-corrected chi connectivity index (χ1v) is 9.94. The van der Waals surface area contributed by atoms with Gasteiger partial charge < -0.3 is 25.9 Å². The van der Waals surface area contributed by atoms with Crippen molar-refractivity contribution >= 4 is 29.4 Å². The maximum Gasteiger partial charge on any atom is 0.260 e. The number of hydrogen-bond acceptors (Lipinski definition) is 6. The highest BCUT2D eigenvalue weighted by atomic mass is 19.2. The molecule has 33 heavy (non-hydrogen) atoms. The molecule has 0 radical (unpaired) electrons. The van der Waals surface area contributed by atoms with Crippen LogP contribution in [-0.4, -0.2) is 50.4 Å². The van der Waals surface area contributed by atoms with Crippen molar-refractivity contribution in [1.82, 2.24) is 10.6 Å². The topological polar surface area (TPSA) is 112 Å². The van der Waals surface area contributed by atoms with Crippen LogP contribution in [0.3, 0.4) is 0 Å². The Hall–Kier alpha value is -3.60. The summed E-state index contributed by atoms with van der Waals surface area (Å²) < 4.78 is 43.3. The predicted octanol–water partition coefficient (Wildman–Crippen LogP) is 3.00. The molecule has 0 atom stereocenters. The van der Waals surface area contributed by atoms with E-state index in [1.807, 2.05) is 6.92 Å². The van der Waals surface area contributed by atoms with Crippen LogP contribution in [0.1, 0.15) is 34.8 Å². The van der Waals surface area contributed by atoms with Crippen molar-refractivity contribution in [3.05, 3.63) is 58.4 Å². The van der Waals surface area contributed by atoms with Crippen LogP contribution in [0.15, 0.2) is 29.4 Å². The fraction of sp³-hybridized carbons (Fsp3) is 0.318. The van der Waals surface area contributed by atoms with Gasteiger partial charge in [0.2, 0.25) is 0 Å². The van der Waals surface area contributed by atoms with Crippen LogP contribution in [0.2, 0.25) is 0 Å². The Balaban J connectivity index is 0.00000125. The lowest BCUT2D eigenvalue weighted by Gasteiger charge is -2.15. The average Bonchev–Trinajstić information content (AvgIpc) is 2.81. The number of oxime groups is 1. The zero-order valence-corrected chi connectivity index (χ0v) is 18.8. The van der Waals surface area contributed by atoms with Crippen LogP contribution in [0.25, 0.3) is 0 Å². The minimum absolute atomic E-state index is 0.130.